The van der Waals surface area contributed by atoms with Crippen LogP contribution >= 0.6 is 11.6 Å². The number of hydrogen-bond donors (Lipinski definition) is 1. The number of nitrogens with zero attached hydrogens (tertiary/aromatic N) is 1. The average Bonchev–Trinajstić information content (AvgIpc) is 2.65. The Morgan fingerprint density at radius 1 is 1.07 bits per heavy atom. The molecule has 0 bridgehead atoms. The van der Waals surface area contributed by atoms with Gasteiger partial charge < -0.3 is 15.0 Å². The molecule has 0 aliphatic carbocycles. The van der Waals surface area contributed by atoms with Gasteiger partial charge in [0.15, 0.2) is 6.61 Å². The van der Waals surface area contributed by atoms with Gasteiger partial charge >= 0.3 is 0 Å². The molecule has 0 aliphatic rings. The highest BCUT2D eigenvalue weighted by Gasteiger charge is 2.25. The zero-order valence-corrected chi connectivity index (χ0v) is 17.7. The van der Waals surface area contributed by atoms with Crippen LogP contribution in [0.15, 0.2) is 48.5 Å². The molecule has 0 aromatic heterocycles. The van der Waals surface area contributed by atoms with Crippen LogP contribution in [0.3, 0.4) is 0 Å². The molecule has 2 amide bonds. The van der Waals surface area contributed by atoms with Crippen molar-refractivity contribution in [2.24, 2.45) is 5.41 Å². The van der Waals surface area contributed by atoms with Crippen molar-refractivity contribution < 1.29 is 14.3 Å². The number of carbonyl (C=O) groups excluding carboxylic acids is 2. The van der Waals surface area contributed by atoms with Crippen molar-refractivity contribution in [2.75, 3.05) is 18.6 Å². The largest absolute Gasteiger partial charge is 0.484 e. The summed E-state index contributed by atoms with van der Waals surface area (Å²) in [6, 6.07) is 14.3. The number of anilines is 1. The van der Waals surface area contributed by atoms with Crippen LogP contribution in [0.5, 0.6) is 5.75 Å². The lowest BCUT2D eigenvalue weighted by atomic mass is 9.95. The third-order valence-electron chi connectivity index (χ3n) is 4.29. The van der Waals surface area contributed by atoms with E-state index in [0.717, 1.165) is 11.3 Å². The summed E-state index contributed by atoms with van der Waals surface area (Å²) in [5.74, 6) is 0.373. The number of carbonyl (C=O) groups is 2. The highest BCUT2D eigenvalue weighted by molar-refractivity contribution is 6.30. The van der Waals surface area contributed by atoms with Crippen LogP contribution in [0.2, 0.25) is 5.02 Å². The molecule has 0 heterocycles. The highest BCUT2D eigenvalue weighted by atomic mass is 35.5. The van der Waals surface area contributed by atoms with Gasteiger partial charge in [-0.05, 0) is 48.9 Å². The molecule has 150 valence electrons. The van der Waals surface area contributed by atoms with Gasteiger partial charge in [0.1, 0.15) is 5.75 Å². The van der Waals surface area contributed by atoms with Gasteiger partial charge in [0.25, 0.3) is 5.91 Å². The molecule has 0 spiro atoms. The zero-order chi connectivity index (χ0) is 20.9. The van der Waals surface area contributed by atoms with Crippen LogP contribution in [0, 0.1) is 5.41 Å². The first-order chi connectivity index (χ1) is 13.1. The third kappa shape index (κ3) is 5.99. The maximum Gasteiger partial charge on any atom is 0.258 e. The van der Waals surface area contributed by atoms with Crippen molar-refractivity contribution in [3.05, 3.63) is 59.1 Å². The number of nitrogens with one attached hydrogen (secondary N) is 1. The van der Waals surface area contributed by atoms with Crippen molar-refractivity contribution in [1.29, 1.82) is 0 Å². The molecule has 0 radical (unpaired) electrons. The minimum Gasteiger partial charge on any atom is -0.484 e. The maximum atomic E-state index is 12.3. The first kappa shape index (κ1) is 21.8. The lowest BCUT2D eigenvalue weighted by Gasteiger charge is -2.26. The van der Waals surface area contributed by atoms with Crippen LogP contribution in [0.1, 0.15) is 39.3 Å². The molecule has 2 rings (SSSR count). The number of hydrogen-bond acceptors (Lipinski definition) is 3. The first-order valence-electron chi connectivity index (χ1n) is 9.14. The number of amides is 2. The molecule has 1 N–H and O–H groups in total. The van der Waals surface area contributed by atoms with Crippen LogP contribution < -0.4 is 15.0 Å². The van der Waals surface area contributed by atoms with Crippen LogP contribution in [-0.4, -0.2) is 25.5 Å². The summed E-state index contributed by atoms with van der Waals surface area (Å²) < 4.78 is 5.55. The van der Waals surface area contributed by atoms with Gasteiger partial charge in [-0.1, -0.05) is 44.5 Å². The van der Waals surface area contributed by atoms with Crippen molar-refractivity contribution in [3.8, 4) is 5.75 Å². The summed E-state index contributed by atoms with van der Waals surface area (Å²) in [5.41, 5.74) is 1.28. The molecule has 1 unspecified atom stereocenters. The summed E-state index contributed by atoms with van der Waals surface area (Å²) in [5, 5.41) is 3.54. The minimum atomic E-state index is -0.456. The summed E-state index contributed by atoms with van der Waals surface area (Å²) >= 11 is 5.88. The highest BCUT2D eigenvalue weighted by Crippen LogP contribution is 2.24. The van der Waals surface area contributed by atoms with Crippen molar-refractivity contribution in [3.63, 3.8) is 0 Å². The standard InChI is InChI=1S/C22H27ClN2O3/c1-15(16-6-8-17(23)9-7-16)24-20(26)14-28-19-12-10-18(11-13-19)25(5)21(27)22(2,3)4/h6-13,15H,14H2,1-5H3,(H,24,26). The predicted molar refractivity (Wildman–Crippen MR) is 113 cm³/mol. The molecule has 6 heteroatoms. The molecule has 2 aromatic carbocycles. The van der Waals surface area contributed by atoms with Crippen LogP contribution in [0.25, 0.3) is 0 Å². The Balaban J connectivity index is 1.88. The van der Waals surface area contributed by atoms with E-state index in [0.29, 0.717) is 10.8 Å². The second kappa shape index (κ2) is 9.11. The Morgan fingerprint density at radius 2 is 1.64 bits per heavy atom. The third-order valence-corrected chi connectivity index (χ3v) is 4.54. The van der Waals surface area contributed by atoms with Gasteiger partial charge in [0, 0.05) is 23.2 Å². The minimum absolute atomic E-state index is 0.0248. The molecule has 0 saturated heterocycles. The molecule has 0 aliphatic heterocycles. The average molecular weight is 403 g/mol. The maximum absolute atomic E-state index is 12.3. The first-order valence-corrected chi connectivity index (χ1v) is 9.51. The molecular weight excluding hydrogens is 376 g/mol. The molecule has 5 nitrogen and oxygen atoms in total. The fourth-order valence-electron chi connectivity index (χ4n) is 2.65. The number of ether oxygens (including phenoxy) is 1. The van der Waals surface area contributed by atoms with E-state index in [-0.39, 0.29) is 24.5 Å². The summed E-state index contributed by atoms with van der Waals surface area (Å²) in [6.45, 7) is 7.46. The molecule has 0 fully saturated rings. The monoisotopic (exact) mass is 402 g/mol. The molecule has 28 heavy (non-hydrogen) atoms. The molecule has 1 atom stereocenters. The fourth-order valence-corrected chi connectivity index (χ4v) is 2.78. The van der Waals surface area contributed by atoms with E-state index in [1.165, 1.54) is 0 Å². The van der Waals surface area contributed by atoms with E-state index in [4.69, 9.17) is 16.3 Å². The van der Waals surface area contributed by atoms with E-state index >= 15 is 0 Å². The summed E-state index contributed by atoms with van der Waals surface area (Å²) in [6.07, 6.45) is 0. The van der Waals surface area contributed by atoms with Crippen LogP contribution in [0.4, 0.5) is 5.69 Å². The van der Waals surface area contributed by atoms with Gasteiger partial charge in [-0.15, -0.1) is 0 Å². The Labute approximate surface area is 171 Å². The fraction of sp³-hybridized carbons (Fsp3) is 0.364. The Morgan fingerprint density at radius 3 is 2.18 bits per heavy atom. The van der Waals surface area contributed by atoms with Gasteiger partial charge in [-0.3, -0.25) is 9.59 Å². The SMILES string of the molecule is CC(NC(=O)COc1ccc(N(C)C(=O)C(C)(C)C)cc1)c1ccc(Cl)cc1. The topological polar surface area (TPSA) is 58.6 Å². The van der Waals surface area contributed by atoms with Crippen molar-refractivity contribution in [2.45, 2.75) is 33.7 Å². The Kier molecular flexibility index (Phi) is 7.08. The van der Waals surface area contributed by atoms with E-state index < -0.39 is 5.41 Å². The summed E-state index contributed by atoms with van der Waals surface area (Å²) in [4.78, 5) is 26.1. The smallest absolute Gasteiger partial charge is 0.258 e. The van der Waals surface area contributed by atoms with Crippen LogP contribution in [-0.2, 0) is 9.59 Å². The van der Waals surface area contributed by atoms with Gasteiger partial charge in [0.05, 0.1) is 6.04 Å². The van der Waals surface area contributed by atoms with E-state index in [9.17, 15) is 9.59 Å². The van der Waals surface area contributed by atoms with Crippen molar-refractivity contribution in [1.82, 2.24) is 5.32 Å². The Bertz CT molecular complexity index is 811. The second-order valence-electron chi connectivity index (χ2n) is 7.74. The van der Waals surface area contributed by atoms with E-state index in [1.54, 1.807) is 48.3 Å². The van der Waals surface area contributed by atoms with Gasteiger partial charge in [0.2, 0.25) is 5.91 Å². The number of benzene rings is 2. The Hall–Kier alpha value is -2.53. The van der Waals surface area contributed by atoms with Crippen molar-refractivity contribution >= 4 is 29.1 Å². The van der Waals surface area contributed by atoms with Gasteiger partial charge in [-0.2, -0.15) is 0 Å². The molecular formula is C22H27ClN2O3. The van der Waals surface area contributed by atoms with Gasteiger partial charge in [-0.25, -0.2) is 0 Å². The number of rotatable bonds is 6. The van der Waals surface area contributed by atoms with E-state index in [1.807, 2.05) is 39.8 Å². The van der Waals surface area contributed by atoms with E-state index in [2.05, 4.69) is 5.32 Å². The normalized spacial score (nSPS) is 12.2. The predicted octanol–water partition coefficient (Wildman–Crippen LogP) is 4.61. The quantitative estimate of drug-likeness (QED) is 0.767. The molecule has 0 saturated carbocycles. The lowest BCUT2D eigenvalue weighted by molar-refractivity contribution is -0.125. The number of halogens is 1. The molecule has 2 aromatic rings. The second-order valence-corrected chi connectivity index (χ2v) is 8.17. The lowest BCUT2D eigenvalue weighted by Crippen LogP contribution is -2.36. The zero-order valence-electron chi connectivity index (χ0n) is 17.0. The summed E-state index contributed by atoms with van der Waals surface area (Å²) in [7, 11) is 1.75.